The monoisotopic (exact) mass is 270 g/mol. The molecule has 0 bridgehead atoms. The van der Waals surface area contributed by atoms with Crippen molar-refractivity contribution in [2.24, 2.45) is 0 Å². The molecule has 0 aliphatic heterocycles. The Hall–Kier alpha value is -0.250. The van der Waals surface area contributed by atoms with Crippen LogP contribution in [0.3, 0.4) is 0 Å². The predicted molar refractivity (Wildman–Crippen MR) is 63.9 cm³/mol. The molecule has 2 N–H and O–H groups in total. The van der Waals surface area contributed by atoms with E-state index in [4.69, 9.17) is 14.6 Å². The molecule has 0 fully saturated rings. The van der Waals surface area contributed by atoms with Gasteiger partial charge in [-0.05, 0) is 6.42 Å². The van der Waals surface area contributed by atoms with E-state index in [-0.39, 0.29) is 25.8 Å². The largest absolute Gasteiger partial charge is 0.396 e. The van der Waals surface area contributed by atoms with Crippen LogP contribution in [-0.2, 0) is 19.7 Å². The minimum Gasteiger partial charge on any atom is -0.396 e. The normalized spacial score (nSPS) is 14.2. The summed E-state index contributed by atoms with van der Waals surface area (Å²) in [6, 6.07) is 0. The van der Waals surface area contributed by atoms with Crippen LogP contribution in [-0.4, -0.2) is 71.5 Å². The van der Waals surface area contributed by atoms with E-state index in [9.17, 15) is 8.42 Å². The zero-order valence-electron chi connectivity index (χ0n) is 10.5. The number of rotatable bonds is 10. The van der Waals surface area contributed by atoms with E-state index in [1.807, 2.05) is 0 Å². The van der Waals surface area contributed by atoms with Gasteiger partial charge in [-0.25, -0.2) is 0 Å². The maximum atomic E-state index is 11.7. The first-order chi connectivity index (χ1) is 7.97. The highest BCUT2D eigenvalue weighted by Gasteiger charge is 2.18. The lowest BCUT2D eigenvalue weighted by atomic mass is 10.4. The van der Waals surface area contributed by atoms with Crippen LogP contribution in [0.4, 0.5) is 0 Å². The fourth-order valence-corrected chi connectivity index (χ4v) is 2.10. The van der Waals surface area contributed by atoms with Gasteiger partial charge in [-0.15, -0.1) is 0 Å². The summed E-state index contributed by atoms with van der Waals surface area (Å²) in [6.07, 6.45) is 0.0874. The first-order valence-corrected chi connectivity index (χ1v) is 6.75. The van der Waals surface area contributed by atoms with Gasteiger partial charge in [-0.2, -0.15) is 17.4 Å². The van der Waals surface area contributed by atoms with Gasteiger partial charge < -0.3 is 14.6 Å². The summed E-state index contributed by atoms with van der Waals surface area (Å²) < 4.78 is 36.9. The lowest BCUT2D eigenvalue weighted by Crippen LogP contribution is -2.43. The Morgan fingerprint density at radius 3 is 2.53 bits per heavy atom. The van der Waals surface area contributed by atoms with Crippen molar-refractivity contribution in [2.45, 2.75) is 12.5 Å². The Morgan fingerprint density at radius 2 is 2.06 bits per heavy atom. The molecule has 0 radical (unpaired) electrons. The summed E-state index contributed by atoms with van der Waals surface area (Å²) in [4.78, 5) is 0. The van der Waals surface area contributed by atoms with Gasteiger partial charge >= 0.3 is 0 Å². The summed E-state index contributed by atoms with van der Waals surface area (Å²) >= 11 is 0. The molecule has 0 aliphatic rings. The SMILES string of the molecule is COCC(CNS(=O)(=O)N(C)CCCO)OC. The quantitative estimate of drug-likeness (QED) is 0.520. The molecule has 17 heavy (non-hydrogen) atoms. The third-order valence-corrected chi connectivity index (χ3v) is 3.76. The van der Waals surface area contributed by atoms with E-state index >= 15 is 0 Å². The highest BCUT2D eigenvalue weighted by molar-refractivity contribution is 7.87. The molecule has 1 unspecified atom stereocenters. The molecule has 0 aromatic carbocycles. The molecular weight excluding hydrogens is 248 g/mol. The van der Waals surface area contributed by atoms with Gasteiger partial charge in [-0.3, -0.25) is 0 Å². The Bertz CT molecular complexity index is 283. The lowest BCUT2D eigenvalue weighted by Gasteiger charge is -2.20. The maximum Gasteiger partial charge on any atom is 0.279 e. The van der Waals surface area contributed by atoms with E-state index in [0.29, 0.717) is 13.0 Å². The predicted octanol–water partition coefficient (Wildman–Crippen LogP) is -1.20. The van der Waals surface area contributed by atoms with Crippen molar-refractivity contribution >= 4 is 10.2 Å². The summed E-state index contributed by atoms with van der Waals surface area (Å²) in [7, 11) is 0.950. The van der Waals surface area contributed by atoms with Crippen molar-refractivity contribution in [3.05, 3.63) is 0 Å². The molecule has 0 spiro atoms. The van der Waals surface area contributed by atoms with Crippen molar-refractivity contribution in [1.29, 1.82) is 0 Å². The van der Waals surface area contributed by atoms with Crippen LogP contribution in [0.1, 0.15) is 6.42 Å². The number of nitrogens with one attached hydrogen (secondary N) is 1. The minimum atomic E-state index is -3.52. The van der Waals surface area contributed by atoms with Crippen LogP contribution in [0, 0.1) is 0 Å². The molecule has 0 saturated heterocycles. The average molecular weight is 270 g/mol. The Kier molecular flexibility index (Phi) is 8.66. The first-order valence-electron chi connectivity index (χ1n) is 5.31. The zero-order valence-corrected chi connectivity index (χ0v) is 11.4. The Balaban J connectivity index is 4.15. The van der Waals surface area contributed by atoms with E-state index in [1.165, 1.54) is 21.3 Å². The molecule has 8 heteroatoms. The summed E-state index contributed by atoms with van der Waals surface area (Å²) in [5.41, 5.74) is 0. The third kappa shape index (κ3) is 6.92. The van der Waals surface area contributed by atoms with Crippen molar-refractivity contribution in [2.75, 3.05) is 47.6 Å². The fraction of sp³-hybridized carbons (Fsp3) is 1.00. The van der Waals surface area contributed by atoms with Gasteiger partial charge in [0.1, 0.15) is 0 Å². The summed E-state index contributed by atoms with van der Waals surface area (Å²) in [6.45, 7) is 0.702. The number of aliphatic hydroxyl groups excluding tert-OH is 1. The van der Waals surface area contributed by atoms with Crippen LogP contribution >= 0.6 is 0 Å². The van der Waals surface area contributed by atoms with Crippen LogP contribution in [0.15, 0.2) is 0 Å². The van der Waals surface area contributed by atoms with Crippen LogP contribution < -0.4 is 4.72 Å². The molecule has 0 heterocycles. The number of ether oxygens (including phenoxy) is 2. The van der Waals surface area contributed by atoms with E-state index in [2.05, 4.69) is 4.72 Å². The molecule has 0 aliphatic carbocycles. The molecule has 0 aromatic rings. The molecule has 0 saturated carbocycles. The fourth-order valence-electron chi connectivity index (χ4n) is 1.12. The van der Waals surface area contributed by atoms with Gasteiger partial charge in [0, 0.05) is 41.0 Å². The summed E-state index contributed by atoms with van der Waals surface area (Å²) in [5, 5.41) is 8.63. The molecule has 104 valence electrons. The topological polar surface area (TPSA) is 88.1 Å². The average Bonchev–Trinajstić information content (AvgIpc) is 2.31. The highest BCUT2D eigenvalue weighted by atomic mass is 32.2. The van der Waals surface area contributed by atoms with E-state index < -0.39 is 10.2 Å². The molecule has 7 nitrogen and oxygen atoms in total. The van der Waals surface area contributed by atoms with Crippen molar-refractivity contribution in [3.63, 3.8) is 0 Å². The smallest absolute Gasteiger partial charge is 0.279 e. The van der Waals surface area contributed by atoms with Gasteiger partial charge in [0.15, 0.2) is 0 Å². The van der Waals surface area contributed by atoms with Gasteiger partial charge in [0.25, 0.3) is 10.2 Å². The van der Waals surface area contributed by atoms with Crippen molar-refractivity contribution < 1.29 is 23.0 Å². The first kappa shape index (κ1) is 16.8. The zero-order chi connectivity index (χ0) is 13.3. The van der Waals surface area contributed by atoms with E-state index in [0.717, 1.165) is 4.31 Å². The highest BCUT2D eigenvalue weighted by Crippen LogP contribution is 1.97. The molecule has 0 amide bonds. The van der Waals surface area contributed by atoms with Gasteiger partial charge in [-0.1, -0.05) is 0 Å². The number of hydrogen-bond acceptors (Lipinski definition) is 5. The second-order valence-corrected chi connectivity index (χ2v) is 5.43. The molecule has 0 rings (SSSR count). The Morgan fingerprint density at radius 1 is 1.41 bits per heavy atom. The molecular formula is C9H22N2O5S. The van der Waals surface area contributed by atoms with Crippen LogP contribution in [0.5, 0.6) is 0 Å². The Labute approximate surface area is 103 Å². The maximum absolute atomic E-state index is 11.7. The second-order valence-electron chi connectivity index (χ2n) is 3.57. The van der Waals surface area contributed by atoms with Crippen molar-refractivity contribution in [3.8, 4) is 0 Å². The van der Waals surface area contributed by atoms with Crippen LogP contribution in [0.2, 0.25) is 0 Å². The minimum absolute atomic E-state index is 0.0375. The number of methoxy groups -OCH3 is 2. The number of hydrogen-bond donors (Lipinski definition) is 2. The van der Waals surface area contributed by atoms with Gasteiger partial charge in [0.2, 0.25) is 0 Å². The lowest BCUT2D eigenvalue weighted by molar-refractivity contribution is 0.0318. The third-order valence-electron chi connectivity index (χ3n) is 2.22. The summed E-state index contributed by atoms with van der Waals surface area (Å²) in [5.74, 6) is 0. The number of aliphatic hydroxyl groups is 1. The molecule has 0 aromatic heterocycles. The van der Waals surface area contributed by atoms with E-state index in [1.54, 1.807) is 0 Å². The molecule has 1 atom stereocenters. The second kappa shape index (κ2) is 8.78. The van der Waals surface area contributed by atoms with Crippen LogP contribution in [0.25, 0.3) is 0 Å². The van der Waals surface area contributed by atoms with Gasteiger partial charge in [0.05, 0.1) is 12.7 Å². The standard InChI is InChI=1S/C9H22N2O5S/c1-11(5-4-6-12)17(13,14)10-7-9(16-3)8-15-2/h9-10,12H,4-8H2,1-3H3. The number of nitrogens with zero attached hydrogens (tertiary/aromatic N) is 1. The van der Waals surface area contributed by atoms with Crippen molar-refractivity contribution in [1.82, 2.24) is 9.03 Å².